The van der Waals surface area contributed by atoms with E-state index < -0.39 is 35.2 Å². The average Bonchev–Trinajstić information content (AvgIpc) is 3.16. The van der Waals surface area contributed by atoms with Crippen LogP contribution in [0.3, 0.4) is 0 Å². The molecule has 2 N–H and O–H groups in total. The fourth-order valence-corrected chi connectivity index (χ4v) is 3.54. The highest BCUT2D eigenvalue weighted by molar-refractivity contribution is 7.14. The van der Waals surface area contributed by atoms with Crippen molar-refractivity contribution >= 4 is 33.1 Å². The van der Waals surface area contributed by atoms with Crippen LogP contribution in [0, 0.1) is 11.6 Å². The molecule has 0 saturated heterocycles. The lowest BCUT2D eigenvalue weighted by Gasteiger charge is -2.06. The zero-order valence-electron chi connectivity index (χ0n) is 14.6. The smallest absolute Gasteiger partial charge is 0.273 e. The van der Waals surface area contributed by atoms with Gasteiger partial charge in [0.05, 0.1) is 16.5 Å². The summed E-state index contributed by atoms with van der Waals surface area (Å²) in [6, 6.07) is 9.27. The Labute approximate surface area is 165 Å². The lowest BCUT2D eigenvalue weighted by atomic mass is 10.1. The summed E-state index contributed by atoms with van der Waals surface area (Å²) in [5.74, 6) is -1.87. The number of benzene rings is 2. The second-order valence-electron chi connectivity index (χ2n) is 6.09. The highest BCUT2D eigenvalue weighted by atomic mass is 32.1. The molecule has 0 spiro atoms. The number of carbonyl (C=O) groups is 1. The number of hydrogen-bond donors (Lipinski definition) is 2. The van der Waals surface area contributed by atoms with Gasteiger partial charge in [-0.15, -0.1) is 11.3 Å². The second kappa shape index (κ2) is 7.40. The summed E-state index contributed by atoms with van der Waals surface area (Å²) in [5.41, 5.74) is -0.876. The number of H-pyrrole nitrogens is 1. The van der Waals surface area contributed by atoms with Gasteiger partial charge < -0.3 is 5.32 Å². The Balaban J connectivity index is 1.56. The third-order valence-corrected chi connectivity index (χ3v) is 4.90. The summed E-state index contributed by atoms with van der Waals surface area (Å²) >= 11 is 1.02. The van der Waals surface area contributed by atoms with Gasteiger partial charge >= 0.3 is 0 Å². The number of halogens is 2. The number of amides is 1. The lowest BCUT2D eigenvalue weighted by molar-refractivity contribution is -0.117. The van der Waals surface area contributed by atoms with E-state index in [2.05, 4.69) is 15.4 Å². The van der Waals surface area contributed by atoms with Gasteiger partial charge in [-0.25, -0.2) is 18.4 Å². The Morgan fingerprint density at radius 3 is 2.69 bits per heavy atom. The molecule has 146 valence electrons. The van der Waals surface area contributed by atoms with Crippen molar-refractivity contribution in [2.45, 2.75) is 6.54 Å². The minimum absolute atomic E-state index is 0.0307. The maximum atomic E-state index is 13.9. The molecule has 0 saturated carbocycles. The SMILES string of the molecule is O=C(Cn1[nH]c(=O)c2ccccc2c1=O)Nc1nc(-c2cc(F)ccc2F)cs1. The van der Waals surface area contributed by atoms with E-state index in [1.165, 1.54) is 17.5 Å². The van der Waals surface area contributed by atoms with E-state index in [-0.39, 0.29) is 27.2 Å². The van der Waals surface area contributed by atoms with E-state index in [9.17, 15) is 23.2 Å². The second-order valence-corrected chi connectivity index (χ2v) is 6.95. The number of rotatable bonds is 4. The van der Waals surface area contributed by atoms with Gasteiger partial charge in [-0.3, -0.25) is 19.5 Å². The molecule has 0 aliphatic rings. The molecule has 0 aliphatic carbocycles. The predicted octanol–water partition coefficient (Wildman–Crippen LogP) is 2.73. The summed E-state index contributed by atoms with van der Waals surface area (Å²) in [7, 11) is 0. The van der Waals surface area contributed by atoms with Crippen molar-refractivity contribution in [3.63, 3.8) is 0 Å². The van der Waals surface area contributed by atoms with E-state index >= 15 is 0 Å². The monoisotopic (exact) mass is 414 g/mol. The summed E-state index contributed by atoms with van der Waals surface area (Å²) < 4.78 is 28.1. The van der Waals surface area contributed by atoms with Gasteiger partial charge in [0.25, 0.3) is 11.1 Å². The van der Waals surface area contributed by atoms with Crippen molar-refractivity contribution in [3.05, 3.63) is 80.2 Å². The van der Waals surface area contributed by atoms with Gasteiger partial charge in [-0.05, 0) is 30.3 Å². The fraction of sp³-hybridized carbons (Fsp3) is 0.0526. The number of anilines is 1. The van der Waals surface area contributed by atoms with Crippen LogP contribution in [0.25, 0.3) is 22.0 Å². The van der Waals surface area contributed by atoms with E-state index in [0.717, 1.165) is 34.2 Å². The molecule has 7 nitrogen and oxygen atoms in total. The number of fused-ring (bicyclic) bond motifs is 1. The number of nitrogens with one attached hydrogen (secondary N) is 2. The molecule has 29 heavy (non-hydrogen) atoms. The Morgan fingerprint density at radius 1 is 1.14 bits per heavy atom. The molecule has 2 heterocycles. The minimum atomic E-state index is -0.644. The quantitative estimate of drug-likeness (QED) is 0.537. The molecule has 0 atom stereocenters. The summed E-state index contributed by atoms with van der Waals surface area (Å²) in [4.78, 5) is 40.9. The van der Waals surface area contributed by atoms with Gasteiger partial charge in [0.1, 0.15) is 18.2 Å². The lowest BCUT2D eigenvalue weighted by Crippen LogP contribution is -2.34. The molecular weight excluding hydrogens is 402 g/mol. The Hall–Kier alpha value is -3.66. The van der Waals surface area contributed by atoms with Gasteiger partial charge in [0.2, 0.25) is 5.91 Å². The third-order valence-electron chi connectivity index (χ3n) is 4.14. The van der Waals surface area contributed by atoms with E-state index in [1.54, 1.807) is 12.1 Å². The number of hydrogen-bond acceptors (Lipinski definition) is 5. The van der Waals surface area contributed by atoms with Crippen molar-refractivity contribution in [1.29, 1.82) is 0 Å². The van der Waals surface area contributed by atoms with Gasteiger partial charge in [0, 0.05) is 10.9 Å². The van der Waals surface area contributed by atoms with Crippen LogP contribution >= 0.6 is 11.3 Å². The molecule has 0 bridgehead atoms. The van der Waals surface area contributed by atoms with Crippen LogP contribution in [0.2, 0.25) is 0 Å². The summed E-state index contributed by atoms with van der Waals surface area (Å²) in [5, 5.41) is 6.88. The van der Waals surface area contributed by atoms with E-state index in [0.29, 0.717) is 0 Å². The Bertz CT molecular complexity index is 1360. The van der Waals surface area contributed by atoms with Crippen molar-refractivity contribution in [2.24, 2.45) is 0 Å². The molecule has 0 radical (unpaired) electrons. The first kappa shape index (κ1) is 18.7. The number of thiazole rings is 1. The molecule has 10 heteroatoms. The minimum Gasteiger partial charge on any atom is -0.300 e. The Morgan fingerprint density at radius 2 is 1.90 bits per heavy atom. The third kappa shape index (κ3) is 3.69. The van der Waals surface area contributed by atoms with E-state index in [4.69, 9.17) is 0 Å². The first-order chi connectivity index (χ1) is 13.9. The van der Waals surface area contributed by atoms with Crippen molar-refractivity contribution < 1.29 is 13.6 Å². The van der Waals surface area contributed by atoms with Crippen LogP contribution in [0.15, 0.2) is 57.4 Å². The number of aromatic amines is 1. The standard InChI is InChI=1S/C19H12F2N4O3S/c20-10-5-6-14(21)13(7-10)15-9-29-19(22-15)23-16(26)8-25-18(28)12-4-2-1-3-11(12)17(27)24-25/h1-7,9H,8H2,(H,24,27)(H,22,23,26). The van der Waals surface area contributed by atoms with Crippen molar-refractivity contribution in [3.8, 4) is 11.3 Å². The zero-order valence-corrected chi connectivity index (χ0v) is 15.4. The first-order valence-corrected chi connectivity index (χ1v) is 9.23. The summed E-state index contributed by atoms with van der Waals surface area (Å²) in [6.07, 6.45) is 0. The molecular formula is C19H12F2N4O3S. The van der Waals surface area contributed by atoms with Crippen molar-refractivity contribution in [1.82, 2.24) is 14.8 Å². The van der Waals surface area contributed by atoms with Crippen molar-refractivity contribution in [2.75, 3.05) is 5.32 Å². The number of aromatic nitrogens is 3. The highest BCUT2D eigenvalue weighted by Gasteiger charge is 2.14. The normalized spacial score (nSPS) is 11.0. The molecule has 4 rings (SSSR count). The fourth-order valence-electron chi connectivity index (χ4n) is 2.81. The zero-order chi connectivity index (χ0) is 20.5. The highest BCUT2D eigenvalue weighted by Crippen LogP contribution is 2.27. The average molecular weight is 414 g/mol. The van der Waals surface area contributed by atoms with Crippen LogP contribution in [-0.2, 0) is 11.3 Å². The molecule has 2 aromatic heterocycles. The van der Waals surface area contributed by atoms with Crippen LogP contribution in [-0.4, -0.2) is 20.7 Å². The molecule has 0 fully saturated rings. The van der Waals surface area contributed by atoms with Crippen LogP contribution in [0.1, 0.15) is 0 Å². The number of nitrogens with zero attached hydrogens (tertiary/aromatic N) is 2. The first-order valence-electron chi connectivity index (χ1n) is 8.35. The maximum absolute atomic E-state index is 13.9. The summed E-state index contributed by atoms with van der Waals surface area (Å²) in [6.45, 7) is -0.442. The van der Waals surface area contributed by atoms with Gasteiger partial charge in [0.15, 0.2) is 5.13 Å². The number of carbonyl (C=O) groups excluding carboxylic acids is 1. The van der Waals surface area contributed by atoms with Gasteiger partial charge in [-0.1, -0.05) is 12.1 Å². The molecule has 0 aliphatic heterocycles. The van der Waals surface area contributed by atoms with Crippen LogP contribution in [0.5, 0.6) is 0 Å². The molecule has 4 aromatic rings. The van der Waals surface area contributed by atoms with E-state index in [1.807, 2.05) is 0 Å². The molecule has 0 unspecified atom stereocenters. The Kier molecular flexibility index (Phi) is 4.77. The largest absolute Gasteiger partial charge is 0.300 e. The van der Waals surface area contributed by atoms with Crippen LogP contribution < -0.4 is 16.4 Å². The molecule has 2 aromatic carbocycles. The van der Waals surface area contributed by atoms with Gasteiger partial charge in [-0.2, -0.15) is 0 Å². The van der Waals surface area contributed by atoms with Crippen LogP contribution in [0.4, 0.5) is 13.9 Å². The topological polar surface area (TPSA) is 96.9 Å². The maximum Gasteiger partial charge on any atom is 0.273 e. The molecule has 1 amide bonds. The predicted molar refractivity (Wildman–Crippen MR) is 105 cm³/mol.